The summed E-state index contributed by atoms with van der Waals surface area (Å²) in [5, 5.41) is 20.4. The number of hydrogen-bond acceptors (Lipinski definition) is 4. The van der Waals surface area contributed by atoms with Crippen molar-refractivity contribution in [1.29, 1.82) is 0 Å². The molecule has 0 aromatic heterocycles. The van der Waals surface area contributed by atoms with E-state index in [1.807, 2.05) is 6.92 Å². The van der Waals surface area contributed by atoms with Crippen LogP contribution in [0.25, 0.3) is 0 Å². The first-order valence-corrected chi connectivity index (χ1v) is 7.56. The molecule has 0 aliphatic carbocycles. The smallest absolute Gasteiger partial charge is 0.317 e. The molecule has 1 saturated heterocycles. The van der Waals surface area contributed by atoms with Crippen molar-refractivity contribution in [2.45, 2.75) is 38.7 Å². The summed E-state index contributed by atoms with van der Waals surface area (Å²) in [5.74, 6) is -1.39. The molecule has 0 aromatic carbocycles. The molecule has 7 heteroatoms. The molecule has 0 radical (unpaired) electrons. The molecule has 1 rings (SSSR count). The average Bonchev–Trinajstić information content (AvgIpc) is 2.49. The molecule has 3 N–H and O–H groups in total. The number of aliphatic hydroxyl groups excluding tert-OH is 1. The summed E-state index contributed by atoms with van der Waals surface area (Å²) >= 11 is 0. The highest BCUT2D eigenvalue weighted by Crippen LogP contribution is 2.14. The summed E-state index contributed by atoms with van der Waals surface area (Å²) in [5.41, 5.74) is 0. The molecule has 7 nitrogen and oxygen atoms in total. The van der Waals surface area contributed by atoms with E-state index in [1.54, 1.807) is 4.90 Å². The van der Waals surface area contributed by atoms with Crippen molar-refractivity contribution in [2.75, 3.05) is 32.8 Å². The van der Waals surface area contributed by atoms with E-state index in [4.69, 9.17) is 14.9 Å². The number of carboxylic acids is 1. The number of aliphatic carboxylic acids is 1. The van der Waals surface area contributed by atoms with Crippen molar-refractivity contribution < 1.29 is 24.5 Å². The number of ether oxygens (including phenoxy) is 1. The van der Waals surface area contributed by atoms with Crippen LogP contribution in [0.1, 0.15) is 32.6 Å². The molecule has 1 fully saturated rings. The predicted octanol–water partition coefficient (Wildman–Crippen LogP) is 0.670. The Labute approximate surface area is 125 Å². The van der Waals surface area contributed by atoms with E-state index in [0.717, 1.165) is 19.3 Å². The van der Waals surface area contributed by atoms with Crippen molar-refractivity contribution in [3.63, 3.8) is 0 Å². The lowest BCUT2D eigenvalue weighted by Crippen LogP contribution is -2.47. The normalized spacial score (nSPS) is 17.5. The van der Waals surface area contributed by atoms with Crippen molar-refractivity contribution in [2.24, 2.45) is 5.92 Å². The number of carbonyl (C=O) groups excluding carboxylic acids is 1. The largest absolute Gasteiger partial charge is 0.481 e. The Hall–Kier alpha value is -1.34. The van der Waals surface area contributed by atoms with Gasteiger partial charge in [-0.2, -0.15) is 0 Å². The molecule has 1 aliphatic heterocycles. The van der Waals surface area contributed by atoms with Crippen LogP contribution < -0.4 is 5.32 Å². The molecular weight excluding hydrogens is 276 g/mol. The molecular formula is C14H26N2O5. The third-order valence-corrected chi connectivity index (χ3v) is 3.66. The first-order chi connectivity index (χ1) is 10.1. The Morgan fingerprint density at radius 2 is 2.05 bits per heavy atom. The molecule has 1 atom stereocenters. The van der Waals surface area contributed by atoms with Crippen LogP contribution in [-0.4, -0.2) is 66.1 Å². The van der Waals surface area contributed by atoms with E-state index >= 15 is 0 Å². The minimum absolute atomic E-state index is 0.00864. The van der Waals surface area contributed by atoms with Gasteiger partial charge in [0.25, 0.3) is 0 Å². The molecule has 0 spiro atoms. The predicted molar refractivity (Wildman–Crippen MR) is 77.1 cm³/mol. The number of hydrogen-bond donors (Lipinski definition) is 3. The van der Waals surface area contributed by atoms with Crippen LogP contribution in [0.5, 0.6) is 0 Å². The maximum Gasteiger partial charge on any atom is 0.317 e. The lowest BCUT2D eigenvalue weighted by atomic mass is 10.0. The Balaban J connectivity index is 2.28. The van der Waals surface area contributed by atoms with Crippen LogP contribution in [-0.2, 0) is 9.53 Å². The fourth-order valence-corrected chi connectivity index (χ4v) is 2.43. The lowest BCUT2D eigenvalue weighted by molar-refractivity contribution is -0.141. The van der Waals surface area contributed by atoms with Gasteiger partial charge in [0.15, 0.2) is 0 Å². The number of nitrogens with zero attached hydrogens (tertiary/aromatic N) is 1. The van der Waals surface area contributed by atoms with Crippen LogP contribution in [0.4, 0.5) is 4.79 Å². The van der Waals surface area contributed by atoms with Crippen LogP contribution in [0.2, 0.25) is 0 Å². The van der Waals surface area contributed by atoms with Crippen molar-refractivity contribution in [1.82, 2.24) is 10.2 Å². The van der Waals surface area contributed by atoms with Crippen LogP contribution in [0, 0.1) is 5.92 Å². The van der Waals surface area contributed by atoms with Gasteiger partial charge in [-0.1, -0.05) is 13.3 Å². The van der Waals surface area contributed by atoms with Gasteiger partial charge in [-0.3, -0.25) is 4.79 Å². The first kappa shape index (κ1) is 17.7. The topological polar surface area (TPSA) is 99.1 Å². The molecule has 122 valence electrons. The zero-order valence-electron chi connectivity index (χ0n) is 12.6. The molecule has 1 unspecified atom stereocenters. The number of carbonyl (C=O) groups is 2. The van der Waals surface area contributed by atoms with Gasteiger partial charge < -0.3 is 25.2 Å². The van der Waals surface area contributed by atoms with Crippen molar-refractivity contribution in [3.8, 4) is 0 Å². The van der Waals surface area contributed by atoms with Gasteiger partial charge in [-0.05, 0) is 19.3 Å². The fraction of sp³-hybridized carbons (Fsp3) is 0.857. The minimum Gasteiger partial charge on any atom is -0.481 e. The Kier molecular flexibility index (Phi) is 8.07. The highest BCUT2D eigenvalue weighted by Gasteiger charge is 2.24. The SMILES string of the molecule is CCCC(CNC(=O)N1CCC(OCCO)CC1)C(=O)O. The number of likely N-dealkylation sites (tertiary alicyclic amines) is 1. The third-order valence-electron chi connectivity index (χ3n) is 3.66. The number of piperidine rings is 1. The van der Waals surface area contributed by atoms with Crippen LogP contribution >= 0.6 is 0 Å². The highest BCUT2D eigenvalue weighted by molar-refractivity contribution is 5.76. The standard InChI is InChI=1S/C14H26N2O5/c1-2-3-11(13(18)19)10-15-14(20)16-6-4-12(5-7-16)21-9-8-17/h11-12,17H,2-10H2,1H3,(H,15,20)(H,18,19). The maximum absolute atomic E-state index is 12.0. The average molecular weight is 302 g/mol. The maximum atomic E-state index is 12.0. The minimum atomic E-state index is -0.867. The van der Waals surface area contributed by atoms with E-state index in [9.17, 15) is 9.59 Å². The summed E-state index contributed by atoms with van der Waals surface area (Å²) in [7, 11) is 0. The lowest BCUT2D eigenvalue weighted by Gasteiger charge is -2.32. The van der Waals surface area contributed by atoms with Gasteiger partial charge >= 0.3 is 12.0 Å². The first-order valence-electron chi connectivity index (χ1n) is 7.56. The number of nitrogens with one attached hydrogen (secondary N) is 1. The number of carboxylic acid groups (broad SMARTS) is 1. The van der Waals surface area contributed by atoms with Gasteiger partial charge in [0.05, 0.1) is 25.2 Å². The van der Waals surface area contributed by atoms with E-state index < -0.39 is 11.9 Å². The zero-order chi connectivity index (χ0) is 15.7. The van der Waals surface area contributed by atoms with E-state index in [1.165, 1.54) is 0 Å². The van der Waals surface area contributed by atoms with Gasteiger partial charge in [-0.15, -0.1) is 0 Å². The molecule has 0 saturated carbocycles. The van der Waals surface area contributed by atoms with Crippen LogP contribution in [0.3, 0.4) is 0 Å². The van der Waals surface area contributed by atoms with Crippen LogP contribution in [0.15, 0.2) is 0 Å². The number of urea groups is 1. The summed E-state index contributed by atoms with van der Waals surface area (Å²) in [6.07, 6.45) is 2.91. The van der Waals surface area contributed by atoms with Gasteiger partial charge in [-0.25, -0.2) is 4.79 Å². The summed E-state index contributed by atoms with van der Waals surface area (Å²) < 4.78 is 5.44. The Morgan fingerprint density at radius 1 is 1.38 bits per heavy atom. The van der Waals surface area contributed by atoms with Gasteiger partial charge in [0.2, 0.25) is 0 Å². The van der Waals surface area contributed by atoms with Crippen molar-refractivity contribution >= 4 is 12.0 Å². The molecule has 0 aromatic rings. The molecule has 1 heterocycles. The highest BCUT2D eigenvalue weighted by atomic mass is 16.5. The second-order valence-electron chi connectivity index (χ2n) is 5.29. The number of amides is 2. The summed E-state index contributed by atoms with van der Waals surface area (Å²) in [6, 6.07) is -0.210. The molecule has 0 bridgehead atoms. The second kappa shape index (κ2) is 9.57. The molecule has 1 aliphatic rings. The van der Waals surface area contributed by atoms with Gasteiger partial charge in [0.1, 0.15) is 0 Å². The Morgan fingerprint density at radius 3 is 2.57 bits per heavy atom. The molecule has 2 amide bonds. The fourth-order valence-electron chi connectivity index (χ4n) is 2.43. The van der Waals surface area contributed by atoms with E-state index in [0.29, 0.717) is 26.1 Å². The van der Waals surface area contributed by atoms with Crippen molar-refractivity contribution in [3.05, 3.63) is 0 Å². The Bertz CT molecular complexity index is 329. The monoisotopic (exact) mass is 302 g/mol. The zero-order valence-corrected chi connectivity index (χ0v) is 12.6. The quantitative estimate of drug-likeness (QED) is 0.612. The van der Waals surface area contributed by atoms with E-state index in [2.05, 4.69) is 5.32 Å². The third kappa shape index (κ3) is 6.31. The van der Waals surface area contributed by atoms with Gasteiger partial charge in [0, 0.05) is 19.6 Å². The number of rotatable bonds is 8. The van der Waals surface area contributed by atoms with E-state index in [-0.39, 0.29) is 25.3 Å². The summed E-state index contributed by atoms with van der Waals surface area (Å²) in [6.45, 7) is 3.61. The second-order valence-corrected chi connectivity index (χ2v) is 5.29. The summed E-state index contributed by atoms with van der Waals surface area (Å²) in [4.78, 5) is 24.7. The number of aliphatic hydroxyl groups is 1. The molecule has 21 heavy (non-hydrogen) atoms.